The van der Waals surface area contributed by atoms with E-state index in [-0.39, 0.29) is 0 Å². The third-order valence-corrected chi connectivity index (χ3v) is 2.38. The van der Waals surface area contributed by atoms with Crippen LogP contribution in [0.1, 0.15) is 18.4 Å². The van der Waals surface area contributed by atoms with Crippen LogP contribution in [-0.4, -0.2) is 24.9 Å². The van der Waals surface area contributed by atoms with Gasteiger partial charge in [-0.25, -0.2) is 0 Å². The number of benzene rings is 1. The molecule has 3 nitrogen and oxygen atoms in total. The predicted molar refractivity (Wildman–Crippen MR) is 66.7 cm³/mol. The zero-order chi connectivity index (χ0) is 12.5. The Bertz CT molecular complexity index is 351. The average molecular weight is 234 g/mol. The Kier molecular flexibility index (Phi) is 6.16. The third kappa shape index (κ3) is 5.39. The molecule has 1 aromatic carbocycles. The molecule has 3 heteroatoms. The van der Waals surface area contributed by atoms with Gasteiger partial charge in [0.2, 0.25) is 0 Å². The summed E-state index contributed by atoms with van der Waals surface area (Å²) in [6, 6.07) is 7.70. The first-order chi connectivity index (χ1) is 8.26. The summed E-state index contributed by atoms with van der Waals surface area (Å²) >= 11 is 0. The summed E-state index contributed by atoms with van der Waals surface area (Å²) in [5, 5.41) is 9.38. The molecular formula is C14H18O3. The standard InChI is InChI=1S/C14H18O3/c1-3-4-13(15)9-10-17-11-12-5-7-14(16-2)8-6-12/h1,5-8,13,15H,4,9-11H2,2H3/t13-/m0/s1. The molecule has 0 heterocycles. The minimum absolute atomic E-state index is 0.381. The molecule has 0 saturated carbocycles. The maximum atomic E-state index is 9.38. The van der Waals surface area contributed by atoms with Gasteiger partial charge in [0.25, 0.3) is 0 Å². The molecule has 0 saturated heterocycles. The fourth-order valence-electron chi connectivity index (χ4n) is 1.37. The Morgan fingerprint density at radius 1 is 1.35 bits per heavy atom. The van der Waals surface area contributed by atoms with Crippen molar-refractivity contribution in [3.8, 4) is 18.1 Å². The van der Waals surface area contributed by atoms with E-state index < -0.39 is 6.10 Å². The number of hydrogen-bond acceptors (Lipinski definition) is 3. The van der Waals surface area contributed by atoms with Crippen LogP contribution in [0.4, 0.5) is 0 Å². The average Bonchev–Trinajstić information content (AvgIpc) is 2.36. The number of aliphatic hydroxyl groups excluding tert-OH is 1. The lowest BCUT2D eigenvalue weighted by Crippen LogP contribution is -2.09. The Morgan fingerprint density at radius 3 is 2.65 bits per heavy atom. The third-order valence-electron chi connectivity index (χ3n) is 2.38. The molecule has 0 unspecified atom stereocenters. The molecule has 0 aliphatic heterocycles. The lowest BCUT2D eigenvalue weighted by Gasteiger charge is -2.08. The molecule has 1 N–H and O–H groups in total. The SMILES string of the molecule is C#CC[C@H](O)CCOCc1ccc(OC)cc1. The van der Waals surface area contributed by atoms with Gasteiger partial charge >= 0.3 is 0 Å². The monoisotopic (exact) mass is 234 g/mol. The van der Waals surface area contributed by atoms with Crippen molar-refractivity contribution in [2.24, 2.45) is 0 Å². The molecule has 0 fully saturated rings. The van der Waals surface area contributed by atoms with Gasteiger partial charge < -0.3 is 14.6 Å². The van der Waals surface area contributed by atoms with Crippen LogP contribution in [0.5, 0.6) is 5.75 Å². The summed E-state index contributed by atoms with van der Waals surface area (Å²) in [4.78, 5) is 0. The minimum atomic E-state index is -0.462. The van der Waals surface area contributed by atoms with E-state index in [0.29, 0.717) is 26.1 Å². The number of ether oxygens (including phenoxy) is 2. The van der Waals surface area contributed by atoms with Gasteiger partial charge in [0.15, 0.2) is 0 Å². The fourth-order valence-corrected chi connectivity index (χ4v) is 1.37. The van der Waals surface area contributed by atoms with Crippen LogP contribution in [0.3, 0.4) is 0 Å². The van der Waals surface area contributed by atoms with E-state index in [1.165, 1.54) is 0 Å². The predicted octanol–water partition coefficient (Wildman–Crippen LogP) is 1.99. The number of aliphatic hydroxyl groups is 1. The van der Waals surface area contributed by atoms with Gasteiger partial charge in [-0.2, -0.15) is 0 Å². The molecule has 0 spiro atoms. The van der Waals surface area contributed by atoms with Crippen molar-refractivity contribution in [2.45, 2.75) is 25.6 Å². The van der Waals surface area contributed by atoms with Crippen molar-refractivity contribution in [2.75, 3.05) is 13.7 Å². The second kappa shape index (κ2) is 7.72. The van der Waals surface area contributed by atoms with Crippen LogP contribution in [0, 0.1) is 12.3 Å². The second-order valence-corrected chi connectivity index (χ2v) is 3.75. The highest BCUT2D eigenvalue weighted by Gasteiger charge is 2.01. The molecule has 0 aromatic heterocycles. The summed E-state index contributed by atoms with van der Waals surface area (Å²) in [7, 11) is 1.64. The summed E-state index contributed by atoms with van der Waals surface area (Å²) in [6.45, 7) is 1.04. The first-order valence-electron chi connectivity index (χ1n) is 5.58. The van der Waals surface area contributed by atoms with E-state index in [4.69, 9.17) is 15.9 Å². The summed E-state index contributed by atoms with van der Waals surface area (Å²) in [5.74, 6) is 3.25. The van der Waals surface area contributed by atoms with Crippen LogP contribution < -0.4 is 4.74 Å². The molecule has 1 aromatic rings. The number of methoxy groups -OCH3 is 1. The van der Waals surface area contributed by atoms with Crippen molar-refractivity contribution < 1.29 is 14.6 Å². The summed E-state index contributed by atoms with van der Waals surface area (Å²) in [5.41, 5.74) is 1.08. The quantitative estimate of drug-likeness (QED) is 0.579. The molecular weight excluding hydrogens is 216 g/mol. The highest BCUT2D eigenvalue weighted by atomic mass is 16.5. The zero-order valence-electron chi connectivity index (χ0n) is 10.1. The molecule has 1 atom stereocenters. The molecule has 0 bridgehead atoms. The highest BCUT2D eigenvalue weighted by molar-refractivity contribution is 5.26. The van der Waals surface area contributed by atoms with E-state index in [2.05, 4.69) is 5.92 Å². The number of rotatable bonds is 7. The van der Waals surface area contributed by atoms with Gasteiger partial charge in [-0.05, 0) is 24.1 Å². The topological polar surface area (TPSA) is 38.7 Å². The van der Waals surface area contributed by atoms with Crippen LogP contribution >= 0.6 is 0 Å². The number of terminal acetylenes is 1. The van der Waals surface area contributed by atoms with E-state index in [1.54, 1.807) is 7.11 Å². The van der Waals surface area contributed by atoms with Crippen LogP contribution in [0.15, 0.2) is 24.3 Å². The zero-order valence-corrected chi connectivity index (χ0v) is 10.1. The molecule has 0 radical (unpaired) electrons. The van der Waals surface area contributed by atoms with Gasteiger partial charge in [-0.15, -0.1) is 12.3 Å². The molecule has 0 aliphatic carbocycles. The van der Waals surface area contributed by atoms with E-state index in [9.17, 15) is 5.11 Å². The normalized spacial score (nSPS) is 11.8. The minimum Gasteiger partial charge on any atom is -0.497 e. The Hall–Kier alpha value is -1.50. The second-order valence-electron chi connectivity index (χ2n) is 3.75. The lowest BCUT2D eigenvalue weighted by atomic mass is 10.2. The van der Waals surface area contributed by atoms with Crippen LogP contribution in [0.2, 0.25) is 0 Å². The Morgan fingerprint density at radius 2 is 2.06 bits per heavy atom. The molecule has 17 heavy (non-hydrogen) atoms. The van der Waals surface area contributed by atoms with E-state index in [1.807, 2.05) is 24.3 Å². The maximum absolute atomic E-state index is 9.38. The molecule has 92 valence electrons. The summed E-state index contributed by atoms with van der Waals surface area (Å²) in [6.07, 6.45) is 5.58. The highest BCUT2D eigenvalue weighted by Crippen LogP contribution is 2.12. The van der Waals surface area contributed by atoms with Crippen LogP contribution in [0.25, 0.3) is 0 Å². The van der Waals surface area contributed by atoms with E-state index in [0.717, 1.165) is 11.3 Å². The lowest BCUT2D eigenvalue weighted by molar-refractivity contribution is 0.0753. The van der Waals surface area contributed by atoms with Gasteiger partial charge in [-0.3, -0.25) is 0 Å². The van der Waals surface area contributed by atoms with E-state index >= 15 is 0 Å². The number of hydrogen-bond donors (Lipinski definition) is 1. The first kappa shape index (κ1) is 13.6. The molecule has 0 amide bonds. The largest absolute Gasteiger partial charge is 0.497 e. The van der Waals surface area contributed by atoms with Crippen molar-refractivity contribution in [3.63, 3.8) is 0 Å². The first-order valence-corrected chi connectivity index (χ1v) is 5.58. The van der Waals surface area contributed by atoms with Gasteiger partial charge in [0, 0.05) is 13.0 Å². The summed E-state index contributed by atoms with van der Waals surface area (Å²) < 4.78 is 10.5. The van der Waals surface area contributed by atoms with Crippen molar-refractivity contribution >= 4 is 0 Å². The maximum Gasteiger partial charge on any atom is 0.118 e. The van der Waals surface area contributed by atoms with Gasteiger partial charge in [-0.1, -0.05) is 12.1 Å². The van der Waals surface area contributed by atoms with Gasteiger partial charge in [0.05, 0.1) is 19.8 Å². The smallest absolute Gasteiger partial charge is 0.118 e. The van der Waals surface area contributed by atoms with Crippen molar-refractivity contribution in [3.05, 3.63) is 29.8 Å². The van der Waals surface area contributed by atoms with Gasteiger partial charge in [0.1, 0.15) is 5.75 Å². The molecule has 0 aliphatic rings. The van der Waals surface area contributed by atoms with Crippen molar-refractivity contribution in [1.29, 1.82) is 0 Å². The fraction of sp³-hybridized carbons (Fsp3) is 0.429. The van der Waals surface area contributed by atoms with Crippen LogP contribution in [-0.2, 0) is 11.3 Å². The Balaban J connectivity index is 2.20. The molecule has 1 rings (SSSR count). The van der Waals surface area contributed by atoms with Crippen molar-refractivity contribution in [1.82, 2.24) is 0 Å². The Labute approximate surface area is 102 Å².